The average Bonchev–Trinajstić information content (AvgIpc) is 1.99. The van der Waals surface area contributed by atoms with Crippen LogP contribution in [0, 0.1) is 0 Å². The third kappa shape index (κ3) is 3.10. The zero-order valence-electron chi connectivity index (χ0n) is 7.24. The minimum atomic E-state index is -0.737. The lowest BCUT2D eigenvalue weighted by Gasteiger charge is -2.19. The van der Waals surface area contributed by atoms with Crippen molar-refractivity contribution in [1.29, 1.82) is 0 Å². The molecule has 0 aromatic rings. The molecule has 1 atom stereocenters. The van der Waals surface area contributed by atoms with Gasteiger partial charge in [-0.2, -0.15) is 5.10 Å². The Bertz CT molecular complexity index is 262. The number of rotatable bonds is 1. The normalized spacial score (nSPS) is 25.5. The van der Waals surface area contributed by atoms with Gasteiger partial charge in [0.15, 0.2) is 0 Å². The Morgan fingerprint density at radius 3 is 3.00 bits per heavy atom. The molecule has 6 nitrogen and oxygen atoms in total. The molecule has 1 saturated heterocycles. The molecule has 6 heteroatoms. The molecule has 1 unspecified atom stereocenters. The second kappa shape index (κ2) is 3.88. The van der Waals surface area contributed by atoms with E-state index in [2.05, 4.69) is 10.5 Å². The van der Waals surface area contributed by atoms with E-state index in [1.807, 2.05) is 0 Å². The molecule has 0 spiro atoms. The number of ether oxygens (including phenoxy) is 1. The summed E-state index contributed by atoms with van der Waals surface area (Å²) in [5.74, 6) is -0.330. The van der Waals surface area contributed by atoms with Gasteiger partial charge in [-0.15, -0.1) is 0 Å². The van der Waals surface area contributed by atoms with Crippen LogP contribution in [0.25, 0.3) is 0 Å². The number of hydrogen-bond acceptors (Lipinski definition) is 4. The number of nitrogens with one attached hydrogen (secondary N) is 1. The van der Waals surface area contributed by atoms with Crippen LogP contribution in [-0.2, 0) is 9.53 Å². The van der Waals surface area contributed by atoms with E-state index >= 15 is 0 Å². The molecule has 1 aliphatic heterocycles. The minimum Gasteiger partial charge on any atom is -0.462 e. The van der Waals surface area contributed by atoms with Crippen molar-refractivity contribution in [2.24, 2.45) is 10.8 Å². The fourth-order valence-corrected chi connectivity index (χ4v) is 1.10. The smallest absolute Gasteiger partial charge is 0.332 e. The van der Waals surface area contributed by atoms with Crippen molar-refractivity contribution in [2.75, 3.05) is 0 Å². The van der Waals surface area contributed by atoms with E-state index in [0.717, 1.165) is 0 Å². The van der Waals surface area contributed by atoms with Crippen LogP contribution in [0.5, 0.6) is 0 Å². The summed E-state index contributed by atoms with van der Waals surface area (Å²) in [6.45, 7) is 1.76. The predicted octanol–water partition coefficient (Wildman–Crippen LogP) is -0.264. The number of amides is 2. The van der Waals surface area contributed by atoms with E-state index in [9.17, 15) is 9.59 Å². The van der Waals surface area contributed by atoms with Gasteiger partial charge in [-0.1, -0.05) is 0 Å². The lowest BCUT2D eigenvalue weighted by molar-refractivity contribution is -0.147. The quantitative estimate of drug-likeness (QED) is 0.435. The van der Waals surface area contributed by atoms with E-state index in [0.29, 0.717) is 12.1 Å². The second-order valence-electron chi connectivity index (χ2n) is 2.84. The number of carbonyl (C=O) groups is 2. The molecule has 2 amide bonds. The maximum atomic E-state index is 10.9. The summed E-state index contributed by atoms with van der Waals surface area (Å²) < 4.78 is 4.86. The average molecular weight is 185 g/mol. The summed E-state index contributed by atoms with van der Waals surface area (Å²) in [7, 11) is 0. The third-order valence-corrected chi connectivity index (χ3v) is 1.53. The van der Waals surface area contributed by atoms with Crippen LogP contribution in [0.1, 0.15) is 19.8 Å². The van der Waals surface area contributed by atoms with Crippen LogP contribution in [-0.4, -0.2) is 23.8 Å². The molecule has 0 bridgehead atoms. The summed E-state index contributed by atoms with van der Waals surface area (Å²) in [6.07, 6.45) is 0.464. The highest BCUT2D eigenvalue weighted by molar-refractivity contribution is 6.01. The van der Waals surface area contributed by atoms with Gasteiger partial charge in [0, 0.05) is 6.42 Å². The summed E-state index contributed by atoms with van der Waals surface area (Å²) in [6, 6.07) is -0.737. The number of carbonyl (C=O) groups excluding carboxylic acids is 2. The first-order chi connectivity index (χ1) is 6.08. The van der Waals surface area contributed by atoms with Gasteiger partial charge >= 0.3 is 12.0 Å². The molecule has 0 aromatic heterocycles. The number of hydrazone groups is 1. The molecule has 0 radical (unpaired) electrons. The Balaban J connectivity index is 2.54. The van der Waals surface area contributed by atoms with Crippen LogP contribution in [0.3, 0.4) is 0 Å². The van der Waals surface area contributed by atoms with Crippen LogP contribution < -0.4 is 11.2 Å². The van der Waals surface area contributed by atoms with Gasteiger partial charge in [0.2, 0.25) is 0 Å². The number of esters is 1. The Labute approximate surface area is 75.1 Å². The largest absolute Gasteiger partial charge is 0.462 e. The van der Waals surface area contributed by atoms with E-state index in [1.165, 1.54) is 0 Å². The Hall–Kier alpha value is -1.59. The van der Waals surface area contributed by atoms with Crippen molar-refractivity contribution in [1.82, 2.24) is 5.43 Å². The number of urea groups is 1. The molecule has 72 valence electrons. The highest BCUT2D eigenvalue weighted by Gasteiger charge is 2.21. The monoisotopic (exact) mass is 185 g/mol. The van der Waals surface area contributed by atoms with Crippen molar-refractivity contribution in [3.05, 3.63) is 0 Å². The Morgan fingerprint density at radius 2 is 2.46 bits per heavy atom. The molecule has 0 aliphatic carbocycles. The van der Waals surface area contributed by atoms with Gasteiger partial charge in [0.1, 0.15) is 6.10 Å². The lowest BCUT2D eigenvalue weighted by Crippen LogP contribution is -2.31. The lowest BCUT2D eigenvalue weighted by atomic mass is 10.1. The first-order valence-corrected chi connectivity index (χ1v) is 3.88. The summed E-state index contributed by atoms with van der Waals surface area (Å²) >= 11 is 0. The van der Waals surface area contributed by atoms with Crippen molar-refractivity contribution < 1.29 is 14.3 Å². The maximum absolute atomic E-state index is 10.9. The van der Waals surface area contributed by atoms with E-state index < -0.39 is 6.03 Å². The standard InChI is InChI=1S/C7H11N3O3/c1-4-2-5(3-6(11)13-4)9-10-7(8)12/h4H,2-3H2,1H3,(H3,8,10,12)/b9-5+. The fraction of sp³-hybridized carbons (Fsp3) is 0.571. The van der Waals surface area contributed by atoms with Gasteiger partial charge in [0.05, 0.1) is 12.1 Å². The van der Waals surface area contributed by atoms with Gasteiger partial charge in [-0.3, -0.25) is 4.79 Å². The number of cyclic esters (lactones) is 1. The minimum absolute atomic E-state index is 0.116. The van der Waals surface area contributed by atoms with Crippen LogP contribution in [0.15, 0.2) is 5.10 Å². The van der Waals surface area contributed by atoms with Gasteiger partial charge < -0.3 is 10.5 Å². The fourth-order valence-electron chi connectivity index (χ4n) is 1.10. The third-order valence-electron chi connectivity index (χ3n) is 1.53. The van der Waals surface area contributed by atoms with Gasteiger partial charge in [0.25, 0.3) is 0 Å². The first kappa shape index (κ1) is 9.50. The van der Waals surface area contributed by atoms with Crippen LogP contribution in [0.2, 0.25) is 0 Å². The SMILES string of the molecule is CC1C/C(=N\NC(N)=O)CC(=O)O1. The summed E-state index contributed by atoms with van der Waals surface area (Å²) in [5.41, 5.74) is 7.47. The molecule has 1 aliphatic rings. The van der Waals surface area contributed by atoms with Crippen LogP contribution >= 0.6 is 0 Å². The van der Waals surface area contributed by atoms with E-state index in [1.54, 1.807) is 6.92 Å². The number of nitrogens with two attached hydrogens (primary N) is 1. The Morgan fingerprint density at radius 1 is 1.77 bits per heavy atom. The zero-order valence-corrected chi connectivity index (χ0v) is 7.24. The zero-order chi connectivity index (χ0) is 9.84. The van der Waals surface area contributed by atoms with Crippen molar-refractivity contribution >= 4 is 17.7 Å². The highest BCUT2D eigenvalue weighted by Crippen LogP contribution is 2.10. The Kier molecular flexibility index (Phi) is 2.84. The molecule has 1 rings (SSSR count). The maximum Gasteiger partial charge on any atom is 0.332 e. The molecule has 1 heterocycles. The first-order valence-electron chi connectivity index (χ1n) is 3.88. The van der Waals surface area contributed by atoms with Gasteiger partial charge in [-0.05, 0) is 6.92 Å². The molecule has 3 N–H and O–H groups in total. The van der Waals surface area contributed by atoms with Crippen molar-refractivity contribution in [2.45, 2.75) is 25.9 Å². The van der Waals surface area contributed by atoms with Crippen LogP contribution in [0.4, 0.5) is 4.79 Å². The number of nitrogens with zero attached hydrogens (tertiary/aromatic N) is 1. The molecule has 1 fully saturated rings. The molecular weight excluding hydrogens is 174 g/mol. The topological polar surface area (TPSA) is 93.8 Å². The number of hydrogen-bond donors (Lipinski definition) is 2. The number of primary amides is 1. The molecule has 0 aromatic carbocycles. The predicted molar refractivity (Wildman–Crippen MR) is 44.9 cm³/mol. The van der Waals surface area contributed by atoms with E-state index in [4.69, 9.17) is 10.5 Å². The van der Waals surface area contributed by atoms with Crippen molar-refractivity contribution in [3.8, 4) is 0 Å². The molecular formula is C7H11N3O3. The molecule has 13 heavy (non-hydrogen) atoms. The highest BCUT2D eigenvalue weighted by atomic mass is 16.5. The van der Waals surface area contributed by atoms with Crippen molar-refractivity contribution in [3.63, 3.8) is 0 Å². The van der Waals surface area contributed by atoms with E-state index in [-0.39, 0.29) is 18.5 Å². The van der Waals surface area contributed by atoms with Gasteiger partial charge in [-0.25, -0.2) is 10.2 Å². The summed E-state index contributed by atoms with van der Waals surface area (Å²) in [5, 5.41) is 3.67. The molecule has 0 saturated carbocycles. The summed E-state index contributed by atoms with van der Waals surface area (Å²) in [4.78, 5) is 21.2. The second-order valence-corrected chi connectivity index (χ2v) is 2.84.